The molecule has 70 valence electrons. The van der Waals surface area contributed by atoms with Crippen LogP contribution in [0.15, 0.2) is 12.2 Å². The van der Waals surface area contributed by atoms with Crippen molar-refractivity contribution in [1.82, 2.24) is 0 Å². The predicted molar refractivity (Wildman–Crippen MR) is 50.1 cm³/mol. The van der Waals surface area contributed by atoms with E-state index in [0.29, 0.717) is 12.8 Å². The van der Waals surface area contributed by atoms with Gasteiger partial charge in [0.15, 0.2) is 0 Å². The lowest BCUT2D eigenvalue weighted by Crippen LogP contribution is -2.26. The van der Waals surface area contributed by atoms with Gasteiger partial charge in [0.25, 0.3) is 0 Å². The SMILES string of the molecule is C=C(CC)CC(C)(CC)C(=O)O. The van der Waals surface area contributed by atoms with Crippen LogP contribution in [0.3, 0.4) is 0 Å². The summed E-state index contributed by atoms with van der Waals surface area (Å²) in [5.41, 5.74) is 0.398. The van der Waals surface area contributed by atoms with Gasteiger partial charge in [-0.2, -0.15) is 0 Å². The fourth-order valence-corrected chi connectivity index (χ4v) is 1.03. The van der Waals surface area contributed by atoms with E-state index in [9.17, 15) is 4.79 Å². The highest BCUT2D eigenvalue weighted by molar-refractivity contribution is 5.74. The highest BCUT2D eigenvalue weighted by atomic mass is 16.4. The minimum Gasteiger partial charge on any atom is -0.481 e. The molecule has 0 amide bonds. The Kier molecular flexibility index (Phi) is 4.01. The molecule has 0 rings (SSSR count). The first kappa shape index (κ1) is 11.2. The summed E-state index contributed by atoms with van der Waals surface area (Å²) >= 11 is 0. The molecule has 0 spiro atoms. The van der Waals surface area contributed by atoms with Crippen molar-refractivity contribution in [2.24, 2.45) is 5.41 Å². The van der Waals surface area contributed by atoms with Crippen molar-refractivity contribution in [3.63, 3.8) is 0 Å². The van der Waals surface area contributed by atoms with E-state index in [-0.39, 0.29) is 0 Å². The summed E-state index contributed by atoms with van der Waals surface area (Å²) in [6, 6.07) is 0. The summed E-state index contributed by atoms with van der Waals surface area (Å²) in [7, 11) is 0. The molecule has 0 bridgehead atoms. The molecule has 1 unspecified atom stereocenters. The zero-order valence-electron chi connectivity index (χ0n) is 8.18. The highest BCUT2D eigenvalue weighted by Gasteiger charge is 2.30. The lowest BCUT2D eigenvalue weighted by atomic mass is 9.81. The third-order valence-electron chi connectivity index (χ3n) is 2.44. The molecule has 2 nitrogen and oxygen atoms in total. The van der Waals surface area contributed by atoms with Gasteiger partial charge in [-0.3, -0.25) is 4.79 Å². The number of carboxylic acid groups (broad SMARTS) is 1. The monoisotopic (exact) mass is 170 g/mol. The number of carboxylic acids is 1. The quantitative estimate of drug-likeness (QED) is 0.644. The van der Waals surface area contributed by atoms with Crippen LogP contribution in [0, 0.1) is 5.41 Å². The van der Waals surface area contributed by atoms with E-state index in [1.54, 1.807) is 6.92 Å². The first-order valence-electron chi connectivity index (χ1n) is 4.36. The molecule has 0 aliphatic rings. The molecule has 2 heteroatoms. The smallest absolute Gasteiger partial charge is 0.309 e. The largest absolute Gasteiger partial charge is 0.481 e. The molecule has 0 radical (unpaired) electrons. The first-order chi connectivity index (χ1) is 5.46. The van der Waals surface area contributed by atoms with E-state index in [0.717, 1.165) is 12.0 Å². The van der Waals surface area contributed by atoms with Crippen molar-refractivity contribution in [1.29, 1.82) is 0 Å². The summed E-state index contributed by atoms with van der Waals surface area (Å²) in [5.74, 6) is -0.723. The summed E-state index contributed by atoms with van der Waals surface area (Å²) in [5, 5.41) is 8.94. The Bertz CT molecular complexity index is 184. The van der Waals surface area contributed by atoms with Gasteiger partial charge in [-0.05, 0) is 26.2 Å². The molecule has 0 aliphatic carbocycles. The van der Waals surface area contributed by atoms with Gasteiger partial charge >= 0.3 is 5.97 Å². The van der Waals surface area contributed by atoms with Gasteiger partial charge in [0.1, 0.15) is 0 Å². The Labute approximate surface area is 74.3 Å². The van der Waals surface area contributed by atoms with E-state index in [1.807, 2.05) is 13.8 Å². The van der Waals surface area contributed by atoms with Crippen LogP contribution in [-0.2, 0) is 4.79 Å². The second-order valence-corrected chi connectivity index (χ2v) is 3.50. The molecular formula is C10H18O2. The van der Waals surface area contributed by atoms with Gasteiger partial charge in [-0.1, -0.05) is 26.0 Å². The Morgan fingerprint density at radius 1 is 1.50 bits per heavy atom. The van der Waals surface area contributed by atoms with Gasteiger partial charge in [-0.25, -0.2) is 0 Å². The minimum atomic E-state index is -0.723. The van der Waals surface area contributed by atoms with Crippen molar-refractivity contribution in [2.45, 2.75) is 40.0 Å². The standard InChI is InChI=1S/C10H18O2/c1-5-8(3)7-10(4,6-2)9(11)12/h3,5-7H2,1-2,4H3,(H,11,12). The molecule has 0 aromatic heterocycles. The summed E-state index contributed by atoms with van der Waals surface area (Å²) in [4.78, 5) is 10.9. The third-order valence-corrected chi connectivity index (χ3v) is 2.44. The van der Waals surface area contributed by atoms with E-state index in [1.165, 1.54) is 0 Å². The van der Waals surface area contributed by atoms with Crippen molar-refractivity contribution in [3.05, 3.63) is 12.2 Å². The normalized spacial score (nSPS) is 15.2. The first-order valence-corrected chi connectivity index (χ1v) is 4.36. The summed E-state index contributed by atoms with van der Waals surface area (Å²) in [6.07, 6.45) is 2.11. The lowest BCUT2D eigenvalue weighted by molar-refractivity contribution is -0.148. The molecule has 0 saturated heterocycles. The fraction of sp³-hybridized carbons (Fsp3) is 0.700. The molecule has 0 aliphatic heterocycles. The second-order valence-electron chi connectivity index (χ2n) is 3.50. The van der Waals surface area contributed by atoms with Gasteiger partial charge in [-0.15, -0.1) is 0 Å². The van der Waals surface area contributed by atoms with Gasteiger partial charge in [0.05, 0.1) is 5.41 Å². The van der Waals surface area contributed by atoms with Crippen LogP contribution in [0.1, 0.15) is 40.0 Å². The second kappa shape index (κ2) is 4.29. The van der Waals surface area contributed by atoms with Crippen LogP contribution < -0.4 is 0 Å². The summed E-state index contributed by atoms with van der Waals surface area (Å²) < 4.78 is 0. The number of carbonyl (C=O) groups is 1. The average molecular weight is 170 g/mol. The van der Waals surface area contributed by atoms with Crippen LogP contribution in [0.5, 0.6) is 0 Å². The van der Waals surface area contributed by atoms with Crippen LogP contribution >= 0.6 is 0 Å². The van der Waals surface area contributed by atoms with E-state index < -0.39 is 11.4 Å². The molecule has 1 atom stereocenters. The van der Waals surface area contributed by atoms with Crippen LogP contribution in [0.2, 0.25) is 0 Å². The van der Waals surface area contributed by atoms with Gasteiger partial charge < -0.3 is 5.11 Å². The third kappa shape index (κ3) is 2.68. The highest BCUT2D eigenvalue weighted by Crippen LogP contribution is 2.30. The number of allylic oxidation sites excluding steroid dienone is 1. The average Bonchev–Trinajstić information content (AvgIpc) is 2.03. The maximum absolute atomic E-state index is 10.9. The Hall–Kier alpha value is -0.790. The zero-order chi connectivity index (χ0) is 9.78. The van der Waals surface area contributed by atoms with E-state index >= 15 is 0 Å². The maximum atomic E-state index is 10.9. The molecule has 1 N–H and O–H groups in total. The van der Waals surface area contributed by atoms with Crippen molar-refractivity contribution in [2.75, 3.05) is 0 Å². The molecule has 0 heterocycles. The van der Waals surface area contributed by atoms with Gasteiger partial charge in [0.2, 0.25) is 0 Å². The molecule has 0 aromatic carbocycles. The van der Waals surface area contributed by atoms with E-state index in [4.69, 9.17) is 5.11 Å². The topological polar surface area (TPSA) is 37.3 Å². The molecule has 0 aromatic rings. The Balaban J connectivity index is 4.34. The fourth-order valence-electron chi connectivity index (χ4n) is 1.03. The van der Waals surface area contributed by atoms with Crippen molar-refractivity contribution in [3.8, 4) is 0 Å². The maximum Gasteiger partial charge on any atom is 0.309 e. The number of hydrogen-bond acceptors (Lipinski definition) is 1. The number of hydrogen-bond donors (Lipinski definition) is 1. The lowest BCUT2D eigenvalue weighted by Gasteiger charge is -2.23. The molecule has 12 heavy (non-hydrogen) atoms. The van der Waals surface area contributed by atoms with Crippen LogP contribution in [-0.4, -0.2) is 11.1 Å². The van der Waals surface area contributed by atoms with E-state index in [2.05, 4.69) is 6.58 Å². The minimum absolute atomic E-state index is 0.593. The molecular weight excluding hydrogens is 152 g/mol. The molecule has 0 saturated carbocycles. The number of aliphatic carboxylic acids is 1. The summed E-state index contributed by atoms with van der Waals surface area (Å²) in [6.45, 7) is 9.50. The predicted octanol–water partition coefficient (Wildman–Crippen LogP) is 2.84. The Morgan fingerprint density at radius 3 is 2.25 bits per heavy atom. The van der Waals surface area contributed by atoms with Gasteiger partial charge in [0, 0.05) is 0 Å². The van der Waals surface area contributed by atoms with Crippen LogP contribution in [0.4, 0.5) is 0 Å². The van der Waals surface area contributed by atoms with Crippen molar-refractivity contribution < 1.29 is 9.90 Å². The van der Waals surface area contributed by atoms with Crippen LogP contribution in [0.25, 0.3) is 0 Å². The van der Waals surface area contributed by atoms with Crippen molar-refractivity contribution >= 4 is 5.97 Å². The number of rotatable bonds is 5. The zero-order valence-corrected chi connectivity index (χ0v) is 8.18. The molecule has 0 fully saturated rings. The Morgan fingerprint density at radius 2 is 2.00 bits per heavy atom.